The van der Waals surface area contributed by atoms with Crippen molar-refractivity contribution in [1.29, 1.82) is 0 Å². The largest absolute Gasteiger partial charge is 0.488 e. The second kappa shape index (κ2) is 9.17. The Morgan fingerprint density at radius 2 is 2.07 bits per heavy atom. The highest BCUT2D eigenvalue weighted by molar-refractivity contribution is 5.89. The molecule has 150 valence electrons. The highest BCUT2D eigenvalue weighted by Crippen LogP contribution is 2.24. The fourth-order valence-corrected chi connectivity index (χ4v) is 2.90. The smallest absolute Gasteiger partial charge is 0.225 e. The Labute approximate surface area is 160 Å². The summed E-state index contributed by atoms with van der Waals surface area (Å²) >= 11 is 0. The minimum atomic E-state index is -0.438. The fourth-order valence-electron chi connectivity index (χ4n) is 2.90. The number of nitrogens with zero attached hydrogens (tertiary/aromatic N) is 1. The van der Waals surface area contributed by atoms with Crippen molar-refractivity contribution < 1.29 is 23.5 Å². The van der Waals surface area contributed by atoms with Crippen LogP contribution >= 0.6 is 0 Å². The van der Waals surface area contributed by atoms with Crippen molar-refractivity contribution in [3.05, 3.63) is 30.1 Å². The van der Waals surface area contributed by atoms with Crippen molar-refractivity contribution in [2.45, 2.75) is 33.2 Å². The van der Waals surface area contributed by atoms with Crippen molar-refractivity contribution in [2.75, 3.05) is 33.4 Å². The van der Waals surface area contributed by atoms with Crippen LogP contribution in [0.4, 0.5) is 4.39 Å². The minimum absolute atomic E-state index is 0.0397. The molecule has 6 nitrogen and oxygen atoms in total. The number of para-hydroxylation sites is 1. The van der Waals surface area contributed by atoms with E-state index in [1.54, 1.807) is 30.2 Å². The van der Waals surface area contributed by atoms with Crippen molar-refractivity contribution in [3.63, 3.8) is 0 Å². The molecule has 2 atom stereocenters. The molecule has 1 heterocycles. The number of ether oxygens (including phenoxy) is 2. The molecule has 2 unspecified atom stereocenters. The van der Waals surface area contributed by atoms with E-state index < -0.39 is 11.7 Å². The zero-order chi connectivity index (χ0) is 20.0. The summed E-state index contributed by atoms with van der Waals surface area (Å²) in [5.74, 6) is -0.899. The first-order valence-corrected chi connectivity index (χ1v) is 9.16. The normalized spacial score (nSPS) is 18.5. The van der Waals surface area contributed by atoms with Crippen LogP contribution in [-0.4, -0.2) is 56.2 Å². The summed E-state index contributed by atoms with van der Waals surface area (Å²) in [6, 6.07) is 5.85. The van der Waals surface area contributed by atoms with Gasteiger partial charge in [0.2, 0.25) is 11.8 Å². The Hall–Kier alpha value is -2.15. The Morgan fingerprint density at radius 3 is 2.70 bits per heavy atom. The number of halogens is 1. The molecule has 1 aliphatic rings. The van der Waals surface area contributed by atoms with Crippen LogP contribution in [-0.2, 0) is 14.3 Å². The summed E-state index contributed by atoms with van der Waals surface area (Å²) in [4.78, 5) is 26.4. The van der Waals surface area contributed by atoms with Crippen LogP contribution in [0.3, 0.4) is 0 Å². The molecule has 0 bridgehead atoms. The van der Waals surface area contributed by atoms with E-state index in [0.717, 1.165) is 0 Å². The van der Waals surface area contributed by atoms with Gasteiger partial charge in [-0.1, -0.05) is 32.9 Å². The zero-order valence-electron chi connectivity index (χ0n) is 16.5. The van der Waals surface area contributed by atoms with Gasteiger partial charge >= 0.3 is 0 Å². The van der Waals surface area contributed by atoms with Crippen LogP contribution in [0.5, 0.6) is 5.75 Å². The van der Waals surface area contributed by atoms with Gasteiger partial charge < -0.3 is 19.7 Å². The number of hydrogen-bond acceptors (Lipinski definition) is 4. The van der Waals surface area contributed by atoms with E-state index in [0.29, 0.717) is 19.7 Å². The highest BCUT2D eigenvalue weighted by Gasteiger charge is 2.36. The molecule has 0 aliphatic carbocycles. The van der Waals surface area contributed by atoms with Gasteiger partial charge in [-0.3, -0.25) is 9.59 Å². The van der Waals surface area contributed by atoms with Gasteiger partial charge in [-0.25, -0.2) is 4.39 Å². The molecule has 2 rings (SSSR count). The van der Waals surface area contributed by atoms with E-state index in [4.69, 9.17) is 9.47 Å². The average molecular weight is 380 g/mol. The Morgan fingerprint density at radius 1 is 1.37 bits per heavy atom. The van der Waals surface area contributed by atoms with Gasteiger partial charge in [0.1, 0.15) is 6.61 Å². The molecule has 27 heavy (non-hydrogen) atoms. The molecule has 1 aromatic carbocycles. The third kappa shape index (κ3) is 5.92. The van der Waals surface area contributed by atoms with Gasteiger partial charge in [0.05, 0.1) is 18.6 Å². The number of amides is 2. The molecule has 1 aromatic rings. The molecule has 1 fully saturated rings. The van der Waals surface area contributed by atoms with Crippen LogP contribution in [0.15, 0.2) is 24.3 Å². The van der Waals surface area contributed by atoms with E-state index >= 15 is 0 Å². The van der Waals surface area contributed by atoms with Crippen LogP contribution in [0.2, 0.25) is 0 Å². The topological polar surface area (TPSA) is 67.9 Å². The number of carbonyl (C=O) groups is 2. The zero-order valence-corrected chi connectivity index (χ0v) is 16.5. The van der Waals surface area contributed by atoms with Gasteiger partial charge in [0.25, 0.3) is 0 Å². The summed E-state index contributed by atoms with van der Waals surface area (Å²) in [5.41, 5.74) is -0.292. The summed E-state index contributed by atoms with van der Waals surface area (Å²) in [7, 11) is 1.58. The third-order valence-electron chi connectivity index (χ3n) is 4.75. The van der Waals surface area contributed by atoms with E-state index in [-0.39, 0.29) is 42.0 Å². The first-order chi connectivity index (χ1) is 12.7. The van der Waals surface area contributed by atoms with Crippen molar-refractivity contribution >= 4 is 11.8 Å². The average Bonchev–Trinajstić information content (AvgIpc) is 2.97. The second-order valence-electron chi connectivity index (χ2n) is 7.90. The van der Waals surface area contributed by atoms with E-state index in [1.165, 1.54) is 6.07 Å². The predicted molar refractivity (Wildman–Crippen MR) is 99.8 cm³/mol. The van der Waals surface area contributed by atoms with Crippen LogP contribution in [0, 0.1) is 17.2 Å². The summed E-state index contributed by atoms with van der Waals surface area (Å²) < 4.78 is 24.4. The molecule has 7 heteroatoms. The van der Waals surface area contributed by atoms with Crippen LogP contribution in [0.1, 0.15) is 27.2 Å². The lowest BCUT2D eigenvalue weighted by Gasteiger charge is -2.32. The van der Waals surface area contributed by atoms with Gasteiger partial charge in [-0.05, 0) is 17.5 Å². The summed E-state index contributed by atoms with van der Waals surface area (Å²) in [6.45, 7) is 7.40. The molecule has 2 amide bonds. The number of benzene rings is 1. The molecule has 0 aromatic heterocycles. The standard InChI is InChI=1S/C20H29FN2O4/c1-20(2,3)17(13-27-16-8-6-5-7-15(16)21)22-19(25)14-11-18(24)23(12-14)9-10-26-4/h5-8,14,17H,9-13H2,1-4H3,(H,22,25). The van der Waals surface area contributed by atoms with E-state index in [9.17, 15) is 14.0 Å². The van der Waals surface area contributed by atoms with Crippen molar-refractivity contribution in [2.24, 2.45) is 11.3 Å². The lowest BCUT2D eigenvalue weighted by atomic mass is 9.86. The molecule has 0 radical (unpaired) electrons. The maximum atomic E-state index is 13.8. The number of hydrogen-bond donors (Lipinski definition) is 1. The first kappa shape index (κ1) is 21.2. The summed E-state index contributed by atoms with van der Waals surface area (Å²) in [5, 5.41) is 2.99. The minimum Gasteiger partial charge on any atom is -0.488 e. The number of nitrogens with one attached hydrogen (secondary N) is 1. The lowest BCUT2D eigenvalue weighted by molar-refractivity contribution is -0.129. The fraction of sp³-hybridized carbons (Fsp3) is 0.600. The maximum absolute atomic E-state index is 13.8. The van der Waals surface area contributed by atoms with Crippen molar-refractivity contribution in [1.82, 2.24) is 10.2 Å². The Bertz CT molecular complexity index is 660. The monoisotopic (exact) mass is 380 g/mol. The number of methoxy groups -OCH3 is 1. The van der Waals surface area contributed by atoms with E-state index in [2.05, 4.69) is 5.32 Å². The molecule has 1 saturated heterocycles. The predicted octanol–water partition coefficient (Wildman–Crippen LogP) is 2.23. The number of rotatable bonds is 8. The molecule has 1 N–H and O–H groups in total. The number of likely N-dealkylation sites (tertiary alicyclic amines) is 1. The molecule has 1 aliphatic heterocycles. The lowest BCUT2D eigenvalue weighted by Crippen LogP contribution is -2.49. The third-order valence-corrected chi connectivity index (χ3v) is 4.75. The van der Waals surface area contributed by atoms with Crippen LogP contribution < -0.4 is 10.1 Å². The van der Waals surface area contributed by atoms with Crippen molar-refractivity contribution in [3.8, 4) is 5.75 Å². The number of carbonyl (C=O) groups excluding carboxylic acids is 2. The quantitative estimate of drug-likeness (QED) is 0.751. The molecule has 0 saturated carbocycles. The van der Waals surface area contributed by atoms with Gasteiger partial charge in [-0.15, -0.1) is 0 Å². The SMILES string of the molecule is COCCN1CC(C(=O)NC(COc2ccccc2F)C(C)(C)C)CC1=O. The van der Waals surface area contributed by atoms with Crippen LogP contribution in [0.25, 0.3) is 0 Å². The van der Waals surface area contributed by atoms with Gasteiger partial charge in [-0.2, -0.15) is 0 Å². The van der Waals surface area contributed by atoms with Gasteiger partial charge in [0, 0.05) is 26.6 Å². The van der Waals surface area contributed by atoms with E-state index in [1.807, 2.05) is 20.8 Å². The van der Waals surface area contributed by atoms with Gasteiger partial charge in [0.15, 0.2) is 11.6 Å². The second-order valence-corrected chi connectivity index (χ2v) is 7.90. The molecule has 0 spiro atoms. The Kier molecular flexibility index (Phi) is 7.18. The maximum Gasteiger partial charge on any atom is 0.225 e. The molecular weight excluding hydrogens is 351 g/mol. The first-order valence-electron chi connectivity index (χ1n) is 9.16. The Balaban J connectivity index is 1.96. The molecular formula is C20H29FN2O4. The highest BCUT2D eigenvalue weighted by atomic mass is 19.1. The summed E-state index contributed by atoms with van der Waals surface area (Å²) in [6.07, 6.45) is 0.195.